The molecule has 0 bridgehead atoms. The van der Waals surface area contributed by atoms with Crippen LogP contribution in [0.5, 0.6) is 0 Å². The fourth-order valence-corrected chi connectivity index (χ4v) is 1.90. The van der Waals surface area contributed by atoms with Crippen LogP contribution in [0.3, 0.4) is 0 Å². The maximum atomic E-state index is 4.39. The van der Waals surface area contributed by atoms with E-state index in [9.17, 15) is 0 Å². The molecule has 18 heavy (non-hydrogen) atoms. The Morgan fingerprint density at radius 1 is 1.00 bits per heavy atom. The van der Waals surface area contributed by atoms with Gasteiger partial charge in [0.2, 0.25) is 0 Å². The molecule has 3 rings (SSSR count). The van der Waals surface area contributed by atoms with Crippen LogP contribution in [-0.2, 0) is 0 Å². The highest BCUT2D eigenvalue weighted by Crippen LogP contribution is 2.10. The molecule has 0 fully saturated rings. The van der Waals surface area contributed by atoms with Gasteiger partial charge < -0.3 is 0 Å². The van der Waals surface area contributed by atoms with Gasteiger partial charge in [0.15, 0.2) is 0 Å². The summed E-state index contributed by atoms with van der Waals surface area (Å²) in [6, 6.07) is 14.0. The van der Waals surface area contributed by atoms with Gasteiger partial charge >= 0.3 is 0 Å². The predicted octanol–water partition coefficient (Wildman–Crippen LogP) is 3.04. The van der Waals surface area contributed by atoms with E-state index in [4.69, 9.17) is 0 Å². The number of aromatic nitrogens is 2. The fraction of sp³-hybridized carbons (Fsp3) is 0.0625. The summed E-state index contributed by atoms with van der Waals surface area (Å²) in [7, 11) is 0. The molecule has 2 heterocycles. The van der Waals surface area contributed by atoms with Gasteiger partial charge in [-0.1, -0.05) is 30.2 Å². The number of hydrogen-bond donors (Lipinski definition) is 0. The summed E-state index contributed by atoms with van der Waals surface area (Å²) < 4.78 is 2.02. The van der Waals surface area contributed by atoms with Gasteiger partial charge in [0, 0.05) is 11.8 Å². The second-order valence-electron chi connectivity index (χ2n) is 4.14. The van der Waals surface area contributed by atoms with E-state index in [1.807, 2.05) is 53.2 Å². The van der Waals surface area contributed by atoms with Crippen molar-refractivity contribution in [2.75, 3.05) is 0 Å². The van der Waals surface area contributed by atoms with Crippen molar-refractivity contribution < 1.29 is 0 Å². The summed E-state index contributed by atoms with van der Waals surface area (Å²) in [4.78, 5) is 4.39. The standard InChI is InChI=1S/C16H12N2/c1-13-6-5-11-18-15(12-17-16(13)18)10-9-14-7-3-2-4-8-14/h2-8,11-12H,1H3. The lowest BCUT2D eigenvalue weighted by molar-refractivity contribution is 1.14. The summed E-state index contributed by atoms with van der Waals surface area (Å²) in [5.41, 5.74) is 4.05. The SMILES string of the molecule is Cc1cccn2c(C#Cc3ccccc3)cnc12. The topological polar surface area (TPSA) is 17.3 Å². The minimum Gasteiger partial charge on any atom is -0.293 e. The second-order valence-corrected chi connectivity index (χ2v) is 4.14. The van der Waals surface area contributed by atoms with E-state index in [1.54, 1.807) is 0 Å². The van der Waals surface area contributed by atoms with Crippen LogP contribution in [0, 0.1) is 18.8 Å². The van der Waals surface area contributed by atoms with Crippen molar-refractivity contribution in [1.82, 2.24) is 9.38 Å². The van der Waals surface area contributed by atoms with Crippen molar-refractivity contribution in [2.45, 2.75) is 6.92 Å². The summed E-state index contributed by atoms with van der Waals surface area (Å²) >= 11 is 0. The summed E-state index contributed by atoms with van der Waals surface area (Å²) in [5.74, 6) is 6.31. The van der Waals surface area contributed by atoms with Gasteiger partial charge in [-0.3, -0.25) is 4.40 Å². The van der Waals surface area contributed by atoms with Gasteiger partial charge in [0.1, 0.15) is 11.3 Å². The first kappa shape index (κ1) is 10.6. The first-order valence-electron chi connectivity index (χ1n) is 5.84. The van der Waals surface area contributed by atoms with Crippen LogP contribution in [-0.4, -0.2) is 9.38 Å². The number of imidazole rings is 1. The molecule has 0 saturated heterocycles. The monoisotopic (exact) mass is 232 g/mol. The van der Waals surface area contributed by atoms with Gasteiger partial charge in [0.05, 0.1) is 6.20 Å². The van der Waals surface area contributed by atoms with Crippen LogP contribution in [0.25, 0.3) is 5.65 Å². The van der Waals surface area contributed by atoms with Crippen LogP contribution < -0.4 is 0 Å². The lowest BCUT2D eigenvalue weighted by atomic mass is 10.2. The van der Waals surface area contributed by atoms with Crippen molar-refractivity contribution in [3.8, 4) is 11.8 Å². The molecule has 1 aromatic carbocycles. The van der Waals surface area contributed by atoms with E-state index >= 15 is 0 Å². The molecule has 0 aliphatic heterocycles. The van der Waals surface area contributed by atoms with Crippen LogP contribution in [0.15, 0.2) is 54.9 Å². The van der Waals surface area contributed by atoms with E-state index in [1.165, 1.54) is 0 Å². The van der Waals surface area contributed by atoms with E-state index in [2.05, 4.69) is 29.8 Å². The van der Waals surface area contributed by atoms with Crippen LogP contribution in [0.1, 0.15) is 16.8 Å². The quantitative estimate of drug-likeness (QED) is 0.544. The Labute approximate surface area is 106 Å². The third kappa shape index (κ3) is 1.87. The van der Waals surface area contributed by atoms with Crippen molar-refractivity contribution in [2.24, 2.45) is 0 Å². The van der Waals surface area contributed by atoms with Crippen molar-refractivity contribution >= 4 is 5.65 Å². The lowest BCUT2D eigenvalue weighted by Gasteiger charge is -1.97. The van der Waals surface area contributed by atoms with Gasteiger partial charge in [0.25, 0.3) is 0 Å². The minimum absolute atomic E-state index is 0.914. The fourth-order valence-electron chi connectivity index (χ4n) is 1.90. The molecule has 86 valence electrons. The molecule has 2 heteroatoms. The molecule has 0 N–H and O–H groups in total. The molecule has 0 saturated carbocycles. The number of rotatable bonds is 0. The zero-order valence-electron chi connectivity index (χ0n) is 10.1. The normalized spacial score (nSPS) is 10.1. The highest BCUT2D eigenvalue weighted by atomic mass is 15.0. The van der Waals surface area contributed by atoms with E-state index in [0.717, 1.165) is 22.5 Å². The van der Waals surface area contributed by atoms with Crippen LogP contribution in [0.4, 0.5) is 0 Å². The average molecular weight is 232 g/mol. The van der Waals surface area contributed by atoms with E-state index in [0.29, 0.717) is 0 Å². The van der Waals surface area contributed by atoms with Gasteiger partial charge in [-0.05, 0) is 36.6 Å². The Morgan fingerprint density at radius 2 is 1.83 bits per heavy atom. The number of benzene rings is 1. The highest BCUT2D eigenvalue weighted by Gasteiger charge is 2.01. The van der Waals surface area contributed by atoms with Crippen molar-refractivity contribution in [3.05, 3.63) is 71.7 Å². The predicted molar refractivity (Wildman–Crippen MR) is 72.4 cm³/mol. The maximum absolute atomic E-state index is 4.39. The molecule has 0 spiro atoms. The van der Waals surface area contributed by atoms with Crippen LogP contribution >= 0.6 is 0 Å². The number of nitrogens with zero attached hydrogens (tertiary/aromatic N) is 2. The average Bonchev–Trinajstić information content (AvgIpc) is 2.82. The van der Waals surface area contributed by atoms with Crippen molar-refractivity contribution in [3.63, 3.8) is 0 Å². The molecular weight excluding hydrogens is 220 g/mol. The minimum atomic E-state index is 0.914. The number of hydrogen-bond acceptors (Lipinski definition) is 1. The van der Waals surface area contributed by atoms with Crippen LogP contribution in [0.2, 0.25) is 0 Å². The molecule has 0 amide bonds. The first-order valence-corrected chi connectivity index (χ1v) is 5.84. The summed E-state index contributed by atoms with van der Waals surface area (Å²) in [6.45, 7) is 2.05. The number of aryl methyl sites for hydroxylation is 1. The molecule has 0 aliphatic rings. The van der Waals surface area contributed by atoms with Crippen molar-refractivity contribution in [1.29, 1.82) is 0 Å². The lowest BCUT2D eigenvalue weighted by Crippen LogP contribution is -1.89. The largest absolute Gasteiger partial charge is 0.293 e. The van der Waals surface area contributed by atoms with Gasteiger partial charge in [-0.2, -0.15) is 0 Å². The first-order chi connectivity index (χ1) is 8.84. The number of pyridine rings is 1. The van der Waals surface area contributed by atoms with E-state index < -0.39 is 0 Å². The van der Waals surface area contributed by atoms with E-state index in [-0.39, 0.29) is 0 Å². The maximum Gasteiger partial charge on any atom is 0.140 e. The number of fused-ring (bicyclic) bond motifs is 1. The highest BCUT2D eigenvalue weighted by molar-refractivity contribution is 5.52. The molecular formula is C16H12N2. The third-order valence-electron chi connectivity index (χ3n) is 2.84. The molecule has 0 unspecified atom stereocenters. The second kappa shape index (κ2) is 4.38. The third-order valence-corrected chi connectivity index (χ3v) is 2.84. The molecule has 0 radical (unpaired) electrons. The zero-order chi connectivity index (χ0) is 12.4. The molecule has 0 aliphatic carbocycles. The molecule has 0 atom stereocenters. The Hall–Kier alpha value is -2.53. The Balaban J connectivity index is 2.07. The van der Waals surface area contributed by atoms with Gasteiger partial charge in [-0.15, -0.1) is 0 Å². The summed E-state index contributed by atoms with van der Waals surface area (Å²) in [6.07, 6.45) is 3.81. The molecule has 3 aromatic rings. The molecule has 2 nitrogen and oxygen atoms in total. The Morgan fingerprint density at radius 3 is 2.67 bits per heavy atom. The molecule has 2 aromatic heterocycles. The Kier molecular flexibility index (Phi) is 2.59. The smallest absolute Gasteiger partial charge is 0.140 e. The Bertz CT molecular complexity index is 743. The van der Waals surface area contributed by atoms with Gasteiger partial charge in [-0.25, -0.2) is 4.98 Å². The zero-order valence-corrected chi connectivity index (χ0v) is 10.1. The summed E-state index contributed by atoms with van der Waals surface area (Å²) in [5, 5.41) is 0.